The summed E-state index contributed by atoms with van der Waals surface area (Å²) < 4.78 is 5.13. The van der Waals surface area contributed by atoms with E-state index in [1.807, 2.05) is 37.3 Å². The zero-order chi connectivity index (χ0) is 14.5. The number of carboxylic acid groups (broad SMARTS) is 1. The van der Waals surface area contributed by atoms with Crippen LogP contribution < -0.4 is 4.74 Å². The SMILES string of the molecule is CCc1cc(C(=O)O)ccc1Sc1ccc(OC)cc1. The van der Waals surface area contributed by atoms with E-state index in [2.05, 4.69) is 0 Å². The van der Waals surface area contributed by atoms with Gasteiger partial charge in [-0.3, -0.25) is 0 Å². The van der Waals surface area contributed by atoms with Gasteiger partial charge in [0, 0.05) is 9.79 Å². The van der Waals surface area contributed by atoms with E-state index in [1.165, 1.54) is 0 Å². The molecule has 3 nitrogen and oxygen atoms in total. The Labute approximate surface area is 122 Å². The Morgan fingerprint density at radius 2 is 1.90 bits per heavy atom. The van der Waals surface area contributed by atoms with Crippen LogP contribution in [0.5, 0.6) is 5.75 Å². The number of hydrogen-bond acceptors (Lipinski definition) is 3. The molecule has 20 heavy (non-hydrogen) atoms. The average Bonchev–Trinajstić information content (AvgIpc) is 2.48. The van der Waals surface area contributed by atoms with Gasteiger partial charge in [0.05, 0.1) is 12.7 Å². The first-order valence-electron chi connectivity index (χ1n) is 6.32. The van der Waals surface area contributed by atoms with E-state index in [4.69, 9.17) is 9.84 Å². The zero-order valence-corrected chi connectivity index (χ0v) is 12.2. The van der Waals surface area contributed by atoms with Gasteiger partial charge in [0.25, 0.3) is 0 Å². The second-order valence-electron chi connectivity index (χ2n) is 4.26. The molecule has 2 rings (SSSR count). The molecule has 1 N–H and O–H groups in total. The quantitative estimate of drug-likeness (QED) is 0.899. The maximum Gasteiger partial charge on any atom is 0.335 e. The molecule has 0 fully saturated rings. The average molecular weight is 288 g/mol. The van der Waals surface area contributed by atoms with E-state index >= 15 is 0 Å². The highest BCUT2D eigenvalue weighted by molar-refractivity contribution is 7.99. The number of benzene rings is 2. The molecule has 0 aliphatic rings. The van der Waals surface area contributed by atoms with Gasteiger partial charge >= 0.3 is 5.97 Å². The van der Waals surface area contributed by atoms with Gasteiger partial charge in [-0.2, -0.15) is 0 Å². The molecule has 2 aromatic carbocycles. The third kappa shape index (κ3) is 3.33. The molecular weight excluding hydrogens is 272 g/mol. The van der Waals surface area contributed by atoms with Crippen LogP contribution in [0.3, 0.4) is 0 Å². The van der Waals surface area contributed by atoms with Crippen molar-refractivity contribution >= 4 is 17.7 Å². The lowest BCUT2D eigenvalue weighted by atomic mass is 10.1. The summed E-state index contributed by atoms with van der Waals surface area (Å²) in [5, 5.41) is 9.02. The number of ether oxygens (including phenoxy) is 1. The Kier molecular flexibility index (Phi) is 4.69. The van der Waals surface area contributed by atoms with Gasteiger partial charge in [0.15, 0.2) is 0 Å². The van der Waals surface area contributed by atoms with Crippen molar-refractivity contribution in [1.82, 2.24) is 0 Å². The Bertz CT molecular complexity index is 606. The van der Waals surface area contributed by atoms with E-state index in [9.17, 15) is 4.79 Å². The Balaban J connectivity index is 2.25. The largest absolute Gasteiger partial charge is 0.497 e. The molecule has 0 heterocycles. The summed E-state index contributed by atoms with van der Waals surface area (Å²) in [7, 11) is 1.64. The lowest BCUT2D eigenvalue weighted by Crippen LogP contribution is -1.98. The molecule has 104 valence electrons. The molecule has 0 aliphatic heterocycles. The summed E-state index contributed by atoms with van der Waals surface area (Å²) in [5.41, 5.74) is 1.38. The minimum Gasteiger partial charge on any atom is -0.497 e. The first-order valence-corrected chi connectivity index (χ1v) is 7.13. The van der Waals surface area contributed by atoms with Crippen LogP contribution in [0.4, 0.5) is 0 Å². The van der Waals surface area contributed by atoms with Crippen molar-refractivity contribution in [2.75, 3.05) is 7.11 Å². The third-order valence-corrected chi connectivity index (χ3v) is 4.10. The lowest BCUT2D eigenvalue weighted by molar-refractivity contribution is 0.0696. The van der Waals surface area contributed by atoms with Crippen molar-refractivity contribution in [3.63, 3.8) is 0 Å². The Morgan fingerprint density at radius 1 is 1.20 bits per heavy atom. The minimum atomic E-state index is -0.888. The number of aromatic carboxylic acids is 1. The van der Waals surface area contributed by atoms with Crippen molar-refractivity contribution in [3.05, 3.63) is 53.6 Å². The molecule has 2 aromatic rings. The van der Waals surface area contributed by atoms with Crippen LogP contribution in [0.15, 0.2) is 52.3 Å². The first kappa shape index (κ1) is 14.5. The topological polar surface area (TPSA) is 46.5 Å². The van der Waals surface area contributed by atoms with E-state index in [0.29, 0.717) is 5.56 Å². The van der Waals surface area contributed by atoms with Gasteiger partial charge in [-0.15, -0.1) is 0 Å². The Morgan fingerprint density at radius 3 is 2.45 bits per heavy atom. The van der Waals surface area contributed by atoms with Crippen LogP contribution in [0.1, 0.15) is 22.8 Å². The monoisotopic (exact) mass is 288 g/mol. The molecule has 0 radical (unpaired) electrons. The Hall–Kier alpha value is -1.94. The molecule has 0 spiro atoms. The summed E-state index contributed by atoms with van der Waals surface area (Å²) in [6.07, 6.45) is 0.805. The summed E-state index contributed by atoms with van der Waals surface area (Å²) >= 11 is 1.63. The minimum absolute atomic E-state index is 0.334. The van der Waals surface area contributed by atoms with Gasteiger partial charge in [-0.05, 0) is 54.4 Å². The molecule has 0 aromatic heterocycles. The van der Waals surface area contributed by atoms with Gasteiger partial charge in [0.1, 0.15) is 5.75 Å². The fourth-order valence-electron chi connectivity index (χ4n) is 1.86. The maximum absolute atomic E-state index is 11.0. The van der Waals surface area contributed by atoms with Crippen LogP contribution in [0.2, 0.25) is 0 Å². The van der Waals surface area contributed by atoms with Gasteiger partial charge in [-0.25, -0.2) is 4.79 Å². The number of rotatable bonds is 5. The second kappa shape index (κ2) is 6.48. The number of carbonyl (C=O) groups is 1. The molecule has 0 aliphatic carbocycles. The van der Waals surface area contributed by atoms with Crippen molar-refractivity contribution < 1.29 is 14.6 Å². The summed E-state index contributed by atoms with van der Waals surface area (Å²) in [6.45, 7) is 2.03. The molecule has 0 unspecified atom stereocenters. The molecule has 0 amide bonds. The predicted octanol–water partition coefficient (Wildman–Crippen LogP) is 4.11. The highest BCUT2D eigenvalue weighted by Crippen LogP contribution is 2.32. The number of methoxy groups -OCH3 is 1. The predicted molar refractivity (Wildman–Crippen MR) is 79.9 cm³/mol. The van der Waals surface area contributed by atoms with Crippen LogP contribution in [0, 0.1) is 0 Å². The van der Waals surface area contributed by atoms with Gasteiger partial charge in [0.2, 0.25) is 0 Å². The molecule has 0 saturated carbocycles. The van der Waals surface area contributed by atoms with Crippen molar-refractivity contribution in [3.8, 4) is 5.75 Å². The number of aryl methyl sites for hydroxylation is 1. The standard InChI is InChI=1S/C16H16O3S/c1-3-11-10-12(16(17)18)4-9-15(11)20-14-7-5-13(19-2)6-8-14/h4-10H,3H2,1-2H3,(H,17,18). The highest BCUT2D eigenvalue weighted by atomic mass is 32.2. The van der Waals surface area contributed by atoms with Crippen LogP contribution in [0.25, 0.3) is 0 Å². The smallest absolute Gasteiger partial charge is 0.335 e. The zero-order valence-electron chi connectivity index (χ0n) is 11.4. The van der Waals surface area contributed by atoms with Crippen molar-refractivity contribution in [2.24, 2.45) is 0 Å². The third-order valence-electron chi connectivity index (χ3n) is 2.98. The summed E-state index contributed by atoms with van der Waals surface area (Å²) in [5.74, 6) is -0.0630. The lowest BCUT2D eigenvalue weighted by Gasteiger charge is -2.09. The van der Waals surface area contributed by atoms with Crippen LogP contribution in [-0.4, -0.2) is 18.2 Å². The molecule has 0 bridgehead atoms. The van der Waals surface area contributed by atoms with Gasteiger partial charge in [-0.1, -0.05) is 18.7 Å². The van der Waals surface area contributed by atoms with Crippen molar-refractivity contribution in [1.29, 1.82) is 0 Å². The van der Waals surface area contributed by atoms with E-state index in [1.54, 1.807) is 31.0 Å². The number of carboxylic acids is 1. The first-order chi connectivity index (χ1) is 9.63. The van der Waals surface area contributed by atoms with Crippen LogP contribution in [-0.2, 0) is 6.42 Å². The normalized spacial score (nSPS) is 10.3. The highest BCUT2D eigenvalue weighted by Gasteiger charge is 2.08. The molecule has 4 heteroatoms. The van der Waals surface area contributed by atoms with Crippen LogP contribution >= 0.6 is 11.8 Å². The second-order valence-corrected chi connectivity index (χ2v) is 5.37. The maximum atomic E-state index is 11.0. The fourth-order valence-corrected chi connectivity index (χ4v) is 2.86. The summed E-state index contributed by atoms with van der Waals surface area (Å²) in [6, 6.07) is 13.1. The van der Waals surface area contributed by atoms with Crippen molar-refractivity contribution in [2.45, 2.75) is 23.1 Å². The van der Waals surface area contributed by atoms with E-state index in [-0.39, 0.29) is 0 Å². The molecular formula is C16H16O3S. The molecule has 0 saturated heterocycles. The number of hydrogen-bond donors (Lipinski definition) is 1. The fraction of sp³-hybridized carbons (Fsp3) is 0.188. The van der Waals surface area contributed by atoms with Gasteiger partial charge < -0.3 is 9.84 Å². The van der Waals surface area contributed by atoms with E-state index < -0.39 is 5.97 Å². The summed E-state index contributed by atoms with van der Waals surface area (Å²) in [4.78, 5) is 13.2. The van der Waals surface area contributed by atoms with E-state index in [0.717, 1.165) is 27.5 Å². The molecule has 0 atom stereocenters.